The van der Waals surface area contributed by atoms with E-state index in [0.29, 0.717) is 6.42 Å². The topological polar surface area (TPSA) is 49.6 Å². The molecule has 15 heavy (non-hydrogen) atoms. The van der Waals surface area contributed by atoms with E-state index in [4.69, 9.17) is 5.73 Å². The number of amides is 1. The van der Waals surface area contributed by atoms with Crippen molar-refractivity contribution in [2.75, 3.05) is 33.2 Å². The first-order valence-corrected chi connectivity index (χ1v) is 5.88. The molecule has 0 spiro atoms. The van der Waals surface area contributed by atoms with Gasteiger partial charge in [-0.2, -0.15) is 0 Å². The average Bonchev–Trinajstić information content (AvgIpc) is 2.76. The molecular formula is C11H23N3O. The predicted octanol–water partition coefficient (Wildman–Crippen LogP) is 0.278. The zero-order valence-corrected chi connectivity index (χ0v) is 9.91. The van der Waals surface area contributed by atoms with Gasteiger partial charge in [0.05, 0.1) is 6.04 Å². The molecule has 0 unspecified atom stereocenters. The molecule has 1 aliphatic rings. The van der Waals surface area contributed by atoms with Gasteiger partial charge in [0.15, 0.2) is 0 Å². The quantitative estimate of drug-likeness (QED) is 0.713. The van der Waals surface area contributed by atoms with Gasteiger partial charge >= 0.3 is 0 Å². The highest BCUT2D eigenvalue weighted by molar-refractivity contribution is 5.81. The Hall–Kier alpha value is -0.610. The summed E-state index contributed by atoms with van der Waals surface area (Å²) in [5.41, 5.74) is 5.70. The second kappa shape index (κ2) is 6.08. The number of rotatable bonds is 5. The van der Waals surface area contributed by atoms with Crippen LogP contribution in [0, 0.1) is 0 Å². The van der Waals surface area contributed by atoms with Crippen LogP contribution in [0.4, 0.5) is 0 Å². The minimum atomic E-state index is -0.325. The summed E-state index contributed by atoms with van der Waals surface area (Å²) in [5, 5.41) is 0. The molecule has 88 valence electrons. The van der Waals surface area contributed by atoms with Crippen molar-refractivity contribution in [1.29, 1.82) is 0 Å². The van der Waals surface area contributed by atoms with Gasteiger partial charge in [-0.05, 0) is 32.4 Å². The summed E-state index contributed by atoms with van der Waals surface area (Å²) in [7, 11) is 1.84. The molecule has 0 aromatic heterocycles. The van der Waals surface area contributed by atoms with E-state index in [9.17, 15) is 4.79 Å². The molecule has 1 rings (SSSR count). The number of carbonyl (C=O) groups excluding carboxylic acids is 1. The van der Waals surface area contributed by atoms with Crippen LogP contribution in [0.5, 0.6) is 0 Å². The van der Waals surface area contributed by atoms with Crippen molar-refractivity contribution in [2.24, 2.45) is 5.73 Å². The lowest BCUT2D eigenvalue weighted by molar-refractivity contribution is -0.131. The summed E-state index contributed by atoms with van der Waals surface area (Å²) in [6.07, 6.45) is 3.31. The summed E-state index contributed by atoms with van der Waals surface area (Å²) < 4.78 is 0. The summed E-state index contributed by atoms with van der Waals surface area (Å²) in [4.78, 5) is 15.8. The molecule has 1 atom stereocenters. The third-order valence-corrected chi connectivity index (χ3v) is 3.08. The molecule has 1 fully saturated rings. The van der Waals surface area contributed by atoms with Crippen LogP contribution in [0.2, 0.25) is 0 Å². The third-order valence-electron chi connectivity index (χ3n) is 3.08. The van der Waals surface area contributed by atoms with Gasteiger partial charge in [-0.25, -0.2) is 0 Å². The largest absolute Gasteiger partial charge is 0.343 e. The van der Waals surface area contributed by atoms with Gasteiger partial charge in [0.1, 0.15) is 0 Å². The third kappa shape index (κ3) is 3.80. The molecular weight excluding hydrogens is 190 g/mol. The Bertz CT molecular complexity index is 202. The molecule has 0 aliphatic carbocycles. The van der Waals surface area contributed by atoms with Gasteiger partial charge in [-0.3, -0.25) is 4.79 Å². The highest BCUT2D eigenvalue weighted by Crippen LogP contribution is 2.06. The van der Waals surface area contributed by atoms with E-state index < -0.39 is 0 Å². The highest BCUT2D eigenvalue weighted by atomic mass is 16.2. The van der Waals surface area contributed by atoms with Crippen LogP contribution in [0.25, 0.3) is 0 Å². The van der Waals surface area contributed by atoms with Gasteiger partial charge in [0.25, 0.3) is 0 Å². The van der Waals surface area contributed by atoms with Crippen molar-refractivity contribution in [2.45, 2.75) is 32.2 Å². The van der Waals surface area contributed by atoms with E-state index in [1.165, 1.54) is 25.9 Å². The van der Waals surface area contributed by atoms with Crippen LogP contribution < -0.4 is 5.73 Å². The zero-order valence-electron chi connectivity index (χ0n) is 9.91. The highest BCUT2D eigenvalue weighted by Gasteiger charge is 2.17. The van der Waals surface area contributed by atoms with Crippen LogP contribution in [-0.2, 0) is 4.79 Å². The van der Waals surface area contributed by atoms with Gasteiger partial charge in [-0.1, -0.05) is 6.92 Å². The number of nitrogens with two attached hydrogens (primary N) is 1. The standard InChI is InChI=1S/C11H23N3O/c1-3-10(12)11(15)13(2)8-9-14-6-4-5-7-14/h10H,3-9,12H2,1-2H3/t10-/m1/s1. The second-order valence-electron chi connectivity index (χ2n) is 4.32. The Morgan fingerprint density at radius 1 is 1.47 bits per heavy atom. The first-order chi connectivity index (χ1) is 7.15. The smallest absolute Gasteiger partial charge is 0.239 e. The van der Waals surface area contributed by atoms with Crippen molar-refractivity contribution in [1.82, 2.24) is 9.80 Å². The second-order valence-corrected chi connectivity index (χ2v) is 4.32. The van der Waals surface area contributed by atoms with Crippen LogP contribution in [0.1, 0.15) is 26.2 Å². The molecule has 0 bridgehead atoms. The van der Waals surface area contributed by atoms with E-state index in [1.54, 1.807) is 4.90 Å². The molecule has 1 heterocycles. The molecule has 0 aromatic carbocycles. The van der Waals surface area contributed by atoms with Gasteiger partial charge in [0, 0.05) is 20.1 Å². The Labute approximate surface area is 92.4 Å². The number of nitrogens with zero attached hydrogens (tertiary/aromatic N) is 2. The fourth-order valence-corrected chi connectivity index (χ4v) is 1.87. The summed E-state index contributed by atoms with van der Waals surface area (Å²) in [5.74, 6) is 0.0664. The zero-order chi connectivity index (χ0) is 11.3. The predicted molar refractivity (Wildman–Crippen MR) is 61.6 cm³/mol. The van der Waals surface area contributed by atoms with Crippen molar-refractivity contribution in [3.63, 3.8) is 0 Å². The monoisotopic (exact) mass is 213 g/mol. The van der Waals surface area contributed by atoms with Gasteiger partial charge in [-0.15, -0.1) is 0 Å². The first-order valence-electron chi connectivity index (χ1n) is 5.88. The van der Waals surface area contributed by atoms with Crippen molar-refractivity contribution in [3.05, 3.63) is 0 Å². The normalized spacial score (nSPS) is 19.1. The van der Waals surface area contributed by atoms with Crippen molar-refractivity contribution >= 4 is 5.91 Å². The maximum absolute atomic E-state index is 11.7. The minimum absolute atomic E-state index is 0.0664. The van der Waals surface area contributed by atoms with E-state index in [-0.39, 0.29) is 11.9 Å². The average molecular weight is 213 g/mol. The summed E-state index contributed by atoms with van der Waals surface area (Å²) in [6, 6.07) is -0.325. The summed E-state index contributed by atoms with van der Waals surface area (Å²) in [6.45, 7) is 6.09. The minimum Gasteiger partial charge on any atom is -0.343 e. The molecule has 0 aromatic rings. The van der Waals surface area contributed by atoms with Crippen molar-refractivity contribution < 1.29 is 4.79 Å². The van der Waals surface area contributed by atoms with Gasteiger partial charge < -0.3 is 15.5 Å². The van der Waals surface area contributed by atoms with E-state index >= 15 is 0 Å². The SMILES string of the molecule is CC[C@@H](N)C(=O)N(C)CCN1CCCC1. The van der Waals surface area contributed by atoms with Crippen LogP contribution in [0.15, 0.2) is 0 Å². The maximum atomic E-state index is 11.7. The van der Waals surface area contributed by atoms with Crippen LogP contribution in [0.3, 0.4) is 0 Å². The number of likely N-dealkylation sites (tertiary alicyclic amines) is 1. The lowest BCUT2D eigenvalue weighted by Gasteiger charge is -2.23. The molecule has 1 amide bonds. The van der Waals surface area contributed by atoms with Crippen LogP contribution in [-0.4, -0.2) is 55.0 Å². The first kappa shape index (κ1) is 12.5. The fourth-order valence-electron chi connectivity index (χ4n) is 1.87. The molecule has 4 nitrogen and oxygen atoms in total. The van der Waals surface area contributed by atoms with Crippen molar-refractivity contribution in [3.8, 4) is 0 Å². The number of hydrogen-bond acceptors (Lipinski definition) is 3. The van der Waals surface area contributed by atoms with E-state index in [1.807, 2.05) is 14.0 Å². The Morgan fingerprint density at radius 3 is 2.60 bits per heavy atom. The van der Waals surface area contributed by atoms with Gasteiger partial charge in [0.2, 0.25) is 5.91 Å². The molecule has 1 aliphatic heterocycles. The maximum Gasteiger partial charge on any atom is 0.239 e. The molecule has 0 saturated carbocycles. The summed E-state index contributed by atoms with van der Waals surface area (Å²) >= 11 is 0. The Morgan fingerprint density at radius 2 is 2.07 bits per heavy atom. The Balaban J connectivity index is 2.22. The molecule has 0 radical (unpaired) electrons. The number of hydrogen-bond donors (Lipinski definition) is 1. The van der Waals surface area contributed by atoms with E-state index in [2.05, 4.69) is 4.90 Å². The molecule has 2 N–H and O–H groups in total. The lowest BCUT2D eigenvalue weighted by Crippen LogP contribution is -2.44. The van der Waals surface area contributed by atoms with E-state index in [0.717, 1.165) is 13.1 Å². The fraction of sp³-hybridized carbons (Fsp3) is 0.909. The Kier molecular flexibility index (Phi) is 5.05. The van der Waals surface area contributed by atoms with Crippen LogP contribution >= 0.6 is 0 Å². The number of carbonyl (C=O) groups is 1. The number of likely N-dealkylation sites (N-methyl/N-ethyl adjacent to an activating group) is 1. The lowest BCUT2D eigenvalue weighted by atomic mass is 10.2. The molecule has 1 saturated heterocycles. The molecule has 4 heteroatoms.